The largest absolute Gasteiger partial charge is 0.341 e. The number of nitrogens with zero attached hydrogens (tertiary/aromatic N) is 2. The van der Waals surface area contributed by atoms with Crippen LogP contribution in [0, 0.1) is 0 Å². The summed E-state index contributed by atoms with van der Waals surface area (Å²) in [7, 11) is 0. The number of hydrogen-bond acceptors (Lipinski definition) is 3. The first-order valence-corrected chi connectivity index (χ1v) is 9.36. The third-order valence-electron chi connectivity index (χ3n) is 5.22. The van der Waals surface area contributed by atoms with E-state index >= 15 is 0 Å². The average Bonchev–Trinajstić information content (AvgIpc) is 3.22. The SMILES string of the molecule is NC1C=C(c2ccccc2)c2ccccc2N(CC(=O)N2CCCC2)C1=O. The summed E-state index contributed by atoms with van der Waals surface area (Å²) in [5, 5.41) is 0. The standard InChI is InChI=1S/C22H23N3O2/c23-19-14-18(16-8-2-1-3-9-16)17-10-4-5-11-20(17)25(22(19)27)15-21(26)24-12-6-7-13-24/h1-5,8-11,14,19H,6-7,12-13,15,23H2. The highest BCUT2D eigenvalue weighted by Crippen LogP contribution is 2.34. The zero-order valence-electron chi connectivity index (χ0n) is 15.2. The van der Waals surface area contributed by atoms with E-state index in [2.05, 4.69) is 0 Å². The molecule has 2 aliphatic rings. The molecule has 0 radical (unpaired) electrons. The average molecular weight is 361 g/mol. The van der Waals surface area contributed by atoms with Crippen LogP contribution in [0.5, 0.6) is 0 Å². The predicted molar refractivity (Wildman–Crippen MR) is 106 cm³/mol. The van der Waals surface area contributed by atoms with E-state index < -0.39 is 6.04 Å². The van der Waals surface area contributed by atoms with E-state index in [-0.39, 0.29) is 18.4 Å². The fourth-order valence-corrected chi connectivity index (χ4v) is 3.81. The molecule has 2 aliphatic heterocycles. The summed E-state index contributed by atoms with van der Waals surface area (Å²) in [4.78, 5) is 29.1. The molecule has 4 rings (SSSR count). The van der Waals surface area contributed by atoms with Crippen molar-refractivity contribution in [2.24, 2.45) is 5.73 Å². The molecule has 2 heterocycles. The zero-order chi connectivity index (χ0) is 18.8. The number of carbonyl (C=O) groups excluding carboxylic acids is 2. The van der Waals surface area contributed by atoms with E-state index in [9.17, 15) is 9.59 Å². The van der Waals surface area contributed by atoms with E-state index in [1.54, 1.807) is 11.0 Å². The van der Waals surface area contributed by atoms with Crippen LogP contribution >= 0.6 is 0 Å². The van der Waals surface area contributed by atoms with Gasteiger partial charge in [0.15, 0.2) is 0 Å². The quantitative estimate of drug-likeness (QED) is 0.913. The van der Waals surface area contributed by atoms with Gasteiger partial charge in [0.2, 0.25) is 11.8 Å². The van der Waals surface area contributed by atoms with Crippen LogP contribution < -0.4 is 10.6 Å². The Morgan fingerprint density at radius 1 is 1.00 bits per heavy atom. The topological polar surface area (TPSA) is 66.6 Å². The summed E-state index contributed by atoms with van der Waals surface area (Å²) in [6, 6.07) is 16.8. The highest BCUT2D eigenvalue weighted by Gasteiger charge is 2.31. The van der Waals surface area contributed by atoms with Crippen molar-refractivity contribution in [1.82, 2.24) is 4.90 Å². The van der Waals surface area contributed by atoms with Gasteiger partial charge in [0, 0.05) is 18.7 Å². The van der Waals surface area contributed by atoms with Crippen molar-refractivity contribution in [1.29, 1.82) is 0 Å². The van der Waals surface area contributed by atoms with Crippen molar-refractivity contribution in [3.05, 3.63) is 71.8 Å². The smallest absolute Gasteiger partial charge is 0.248 e. The number of benzene rings is 2. The summed E-state index contributed by atoms with van der Waals surface area (Å²) in [5.74, 6) is -0.271. The molecule has 1 saturated heterocycles. The number of carbonyl (C=O) groups is 2. The molecule has 0 aromatic heterocycles. The molecular weight excluding hydrogens is 338 g/mol. The van der Waals surface area contributed by atoms with Crippen molar-refractivity contribution in [2.45, 2.75) is 18.9 Å². The fraction of sp³-hybridized carbons (Fsp3) is 0.273. The minimum atomic E-state index is -0.793. The Bertz CT molecular complexity index is 885. The van der Waals surface area contributed by atoms with E-state index in [0.717, 1.165) is 48.3 Å². The maximum Gasteiger partial charge on any atom is 0.248 e. The summed E-state index contributed by atoms with van der Waals surface area (Å²) in [6.07, 6.45) is 3.85. The molecule has 2 aromatic carbocycles. The second-order valence-electron chi connectivity index (χ2n) is 7.00. The van der Waals surface area contributed by atoms with Gasteiger partial charge >= 0.3 is 0 Å². The molecule has 2 amide bonds. The Morgan fingerprint density at radius 2 is 1.67 bits per heavy atom. The third kappa shape index (κ3) is 3.38. The summed E-state index contributed by atoms with van der Waals surface area (Å²) < 4.78 is 0. The highest BCUT2D eigenvalue weighted by atomic mass is 16.2. The minimum Gasteiger partial charge on any atom is -0.341 e. The molecule has 0 bridgehead atoms. The predicted octanol–water partition coefficient (Wildman–Crippen LogP) is 2.41. The van der Waals surface area contributed by atoms with Crippen LogP contribution in [0.2, 0.25) is 0 Å². The van der Waals surface area contributed by atoms with E-state index in [1.807, 2.05) is 59.5 Å². The normalized spacial score (nSPS) is 19.5. The van der Waals surface area contributed by atoms with Crippen LogP contribution in [-0.2, 0) is 9.59 Å². The van der Waals surface area contributed by atoms with Crippen molar-refractivity contribution in [2.75, 3.05) is 24.5 Å². The molecule has 5 heteroatoms. The van der Waals surface area contributed by atoms with E-state index in [1.165, 1.54) is 0 Å². The van der Waals surface area contributed by atoms with Crippen LogP contribution in [0.4, 0.5) is 5.69 Å². The molecular formula is C22H23N3O2. The van der Waals surface area contributed by atoms with Gasteiger partial charge in [0.1, 0.15) is 12.6 Å². The molecule has 1 unspecified atom stereocenters. The molecule has 5 nitrogen and oxygen atoms in total. The van der Waals surface area contributed by atoms with Crippen molar-refractivity contribution in [3.8, 4) is 0 Å². The zero-order valence-corrected chi connectivity index (χ0v) is 15.2. The van der Waals surface area contributed by atoms with Gasteiger partial charge < -0.3 is 15.5 Å². The molecule has 0 aliphatic carbocycles. The second-order valence-corrected chi connectivity index (χ2v) is 7.00. The molecule has 1 atom stereocenters. The van der Waals surface area contributed by atoms with Crippen LogP contribution in [0.15, 0.2) is 60.7 Å². The lowest BCUT2D eigenvalue weighted by molar-refractivity contribution is -0.130. The lowest BCUT2D eigenvalue weighted by Crippen LogP contribution is -2.47. The van der Waals surface area contributed by atoms with Crippen molar-refractivity contribution in [3.63, 3.8) is 0 Å². The lowest BCUT2D eigenvalue weighted by atomic mass is 9.95. The molecule has 0 spiro atoms. The first kappa shape index (κ1) is 17.5. The Morgan fingerprint density at radius 3 is 2.41 bits per heavy atom. The highest BCUT2D eigenvalue weighted by molar-refractivity contribution is 6.08. The maximum atomic E-state index is 13.0. The number of rotatable bonds is 3. The Balaban J connectivity index is 1.75. The van der Waals surface area contributed by atoms with Crippen LogP contribution in [-0.4, -0.2) is 42.4 Å². The number of nitrogens with two attached hydrogens (primary N) is 1. The van der Waals surface area contributed by atoms with Gasteiger partial charge in [-0.25, -0.2) is 0 Å². The molecule has 1 fully saturated rings. The Labute approximate surface area is 159 Å². The monoisotopic (exact) mass is 361 g/mol. The summed E-state index contributed by atoms with van der Waals surface area (Å²) >= 11 is 0. The summed E-state index contributed by atoms with van der Waals surface area (Å²) in [5.41, 5.74) is 9.78. The van der Waals surface area contributed by atoms with Gasteiger partial charge in [0.05, 0.1) is 5.69 Å². The first-order valence-electron chi connectivity index (χ1n) is 9.36. The fourth-order valence-electron chi connectivity index (χ4n) is 3.81. The molecule has 27 heavy (non-hydrogen) atoms. The molecule has 2 aromatic rings. The second kappa shape index (κ2) is 7.37. The minimum absolute atomic E-state index is 0.0222. The lowest BCUT2D eigenvalue weighted by Gasteiger charge is -2.26. The van der Waals surface area contributed by atoms with E-state index in [4.69, 9.17) is 5.73 Å². The first-order chi connectivity index (χ1) is 13.1. The number of amides is 2. The van der Waals surface area contributed by atoms with Crippen LogP contribution in [0.1, 0.15) is 24.0 Å². The van der Waals surface area contributed by atoms with Gasteiger partial charge in [-0.1, -0.05) is 48.5 Å². The van der Waals surface area contributed by atoms with Gasteiger partial charge in [0.25, 0.3) is 0 Å². The van der Waals surface area contributed by atoms with Crippen molar-refractivity contribution < 1.29 is 9.59 Å². The number of hydrogen-bond donors (Lipinski definition) is 1. The van der Waals surface area contributed by atoms with Crippen LogP contribution in [0.25, 0.3) is 5.57 Å². The van der Waals surface area contributed by atoms with Crippen molar-refractivity contribution >= 4 is 23.1 Å². The van der Waals surface area contributed by atoms with Gasteiger partial charge in [-0.05, 0) is 36.1 Å². The summed E-state index contributed by atoms with van der Waals surface area (Å²) in [6.45, 7) is 1.56. The van der Waals surface area contributed by atoms with Gasteiger partial charge in [-0.3, -0.25) is 9.59 Å². The third-order valence-corrected chi connectivity index (χ3v) is 5.22. The Hall–Kier alpha value is -2.92. The number of fused-ring (bicyclic) bond motifs is 1. The van der Waals surface area contributed by atoms with Gasteiger partial charge in [-0.2, -0.15) is 0 Å². The number of likely N-dealkylation sites (tertiary alicyclic amines) is 1. The van der Waals surface area contributed by atoms with E-state index in [0.29, 0.717) is 0 Å². The van der Waals surface area contributed by atoms with Gasteiger partial charge in [-0.15, -0.1) is 0 Å². The molecule has 2 N–H and O–H groups in total. The van der Waals surface area contributed by atoms with Crippen LogP contribution in [0.3, 0.4) is 0 Å². The number of para-hydroxylation sites is 1. The molecule has 0 saturated carbocycles. The Kier molecular flexibility index (Phi) is 4.77. The number of anilines is 1. The maximum absolute atomic E-state index is 13.0. The molecule has 138 valence electrons.